The molecule has 0 aliphatic rings. The van der Waals surface area contributed by atoms with E-state index in [0.29, 0.717) is 6.42 Å². The van der Waals surface area contributed by atoms with Crippen molar-refractivity contribution in [3.63, 3.8) is 0 Å². The van der Waals surface area contributed by atoms with E-state index < -0.39 is 0 Å². The number of nitriles is 1. The first-order valence-corrected chi connectivity index (χ1v) is 7.02. The van der Waals surface area contributed by atoms with E-state index in [0.717, 1.165) is 22.1 Å². The molecule has 4 nitrogen and oxygen atoms in total. The van der Waals surface area contributed by atoms with Gasteiger partial charge in [0.15, 0.2) is 0 Å². The Kier molecular flexibility index (Phi) is 6.37. The Bertz CT molecular complexity index is 482. The Balaban J connectivity index is 2.48. The van der Waals surface area contributed by atoms with Crippen LogP contribution in [0.1, 0.15) is 25.3 Å². The molecule has 1 rings (SSSR count). The van der Waals surface area contributed by atoms with Crippen molar-refractivity contribution in [1.82, 2.24) is 5.32 Å². The molecule has 0 spiro atoms. The van der Waals surface area contributed by atoms with Crippen molar-refractivity contribution >= 4 is 27.5 Å². The van der Waals surface area contributed by atoms with Crippen molar-refractivity contribution in [3.8, 4) is 6.07 Å². The predicted molar refractivity (Wildman–Crippen MR) is 79.8 cm³/mol. The van der Waals surface area contributed by atoms with Crippen LogP contribution in [0.5, 0.6) is 0 Å². The normalized spacial score (nSPS) is 11.5. The first-order chi connectivity index (χ1) is 9.06. The lowest BCUT2D eigenvalue weighted by molar-refractivity contribution is -0.120. The summed E-state index contributed by atoms with van der Waals surface area (Å²) < 4.78 is 1.01. The number of rotatable bonds is 6. The van der Waals surface area contributed by atoms with E-state index in [1.807, 2.05) is 32.0 Å². The van der Waals surface area contributed by atoms with Gasteiger partial charge in [-0.15, -0.1) is 0 Å². The second-order valence-corrected chi connectivity index (χ2v) is 5.26. The average molecular weight is 324 g/mol. The lowest BCUT2D eigenvalue weighted by Crippen LogP contribution is -2.37. The first kappa shape index (κ1) is 15.5. The molecule has 5 heteroatoms. The highest BCUT2D eigenvalue weighted by Crippen LogP contribution is 2.19. The lowest BCUT2D eigenvalue weighted by Gasteiger charge is -2.15. The van der Waals surface area contributed by atoms with Gasteiger partial charge >= 0.3 is 0 Å². The van der Waals surface area contributed by atoms with Crippen LogP contribution in [0.15, 0.2) is 22.7 Å². The van der Waals surface area contributed by atoms with Gasteiger partial charge in [-0.2, -0.15) is 5.26 Å². The minimum atomic E-state index is -0.0931. The highest BCUT2D eigenvalue weighted by atomic mass is 79.9. The second-order valence-electron chi connectivity index (χ2n) is 4.35. The standard InChI is InChI=1S/C14H18BrN3O/c1-3-12(6-7-16)18-14(19)9-17-13-5-4-11(15)8-10(13)2/h4-5,8,12,17H,3,6,9H2,1-2H3,(H,18,19)/t12-/m1/s1. The van der Waals surface area contributed by atoms with E-state index in [-0.39, 0.29) is 18.5 Å². The molecule has 102 valence electrons. The van der Waals surface area contributed by atoms with Gasteiger partial charge in [0.1, 0.15) is 0 Å². The third-order valence-electron chi connectivity index (χ3n) is 2.82. The van der Waals surface area contributed by atoms with Crippen LogP contribution >= 0.6 is 15.9 Å². The molecule has 1 atom stereocenters. The summed E-state index contributed by atoms with van der Waals surface area (Å²) in [5.74, 6) is -0.0931. The summed E-state index contributed by atoms with van der Waals surface area (Å²) in [6.45, 7) is 4.15. The number of hydrogen-bond donors (Lipinski definition) is 2. The Morgan fingerprint density at radius 2 is 2.26 bits per heavy atom. The van der Waals surface area contributed by atoms with Gasteiger partial charge in [0.2, 0.25) is 5.91 Å². The number of hydrogen-bond acceptors (Lipinski definition) is 3. The van der Waals surface area contributed by atoms with Gasteiger partial charge in [-0.1, -0.05) is 22.9 Å². The van der Waals surface area contributed by atoms with Crippen LogP contribution < -0.4 is 10.6 Å². The highest BCUT2D eigenvalue weighted by molar-refractivity contribution is 9.10. The number of nitrogens with zero attached hydrogens (tertiary/aromatic N) is 1. The lowest BCUT2D eigenvalue weighted by atomic mass is 10.1. The topological polar surface area (TPSA) is 64.9 Å². The molecule has 0 aliphatic carbocycles. The number of halogens is 1. The Morgan fingerprint density at radius 1 is 1.53 bits per heavy atom. The first-order valence-electron chi connectivity index (χ1n) is 6.23. The Hall–Kier alpha value is -1.54. The van der Waals surface area contributed by atoms with Crippen molar-refractivity contribution in [2.45, 2.75) is 32.7 Å². The van der Waals surface area contributed by atoms with E-state index >= 15 is 0 Å². The largest absolute Gasteiger partial charge is 0.376 e. The van der Waals surface area contributed by atoms with Crippen LogP contribution in [0.4, 0.5) is 5.69 Å². The fraction of sp³-hybridized carbons (Fsp3) is 0.429. The number of carbonyl (C=O) groups is 1. The van der Waals surface area contributed by atoms with Crippen molar-refractivity contribution in [3.05, 3.63) is 28.2 Å². The predicted octanol–water partition coefficient (Wildman–Crippen LogP) is 2.98. The number of amides is 1. The Morgan fingerprint density at radius 3 is 2.84 bits per heavy atom. The molecule has 1 aromatic rings. The SMILES string of the molecule is CC[C@H](CC#N)NC(=O)CNc1ccc(Br)cc1C. The molecule has 0 bridgehead atoms. The summed E-state index contributed by atoms with van der Waals surface area (Å²) in [4.78, 5) is 11.7. The average Bonchev–Trinajstić information content (AvgIpc) is 2.37. The summed E-state index contributed by atoms with van der Waals surface area (Å²) >= 11 is 3.40. The molecule has 0 saturated carbocycles. The fourth-order valence-electron chi connectivity index (χ4n) is 1.69. The molecular weight excluding hydrogens is 306 g/mol. The molecule has 0 radical (unpaired) electrons. The quantitative estimate of drug-likeness (QED) is 0.845. The molecule has 0 heterocycles. The van der Waals surface area contributed by atoms with E-state index in [2.05, 4.69) is 32.6 Å². The van der Waals surface area contributed by atoms with E-state index in [1.54, 1.807) is 0 Å². The molecule has 0 unspecified atom stereocenters. The van der Waals surface area contributed by atoms with Crippen molar-refractivity contribution < 1.29 is 4.79 Å². The number of benzene rings is 1. The maximum Gasteiger partial charge on any atom is 0.239 e. The summed E-state index contributed by atoms with van der Waals surface area (Å²) in [7, 11) is 0. The number of aryl methyl sites for hydroxylation is 1. The summed E-state index contributed by atoms with van der Waals surface area (Å²) in [6, 6.07) is 7.86. The van der Waals surface area contributed by atoms with Gasteiger partial charge in [-0.05, 0) is 37.1 Å². The molecule has 0 saturated heterocycles. The minimum Gasteiger partial charge on any atom is -0.376 e. The van der Waals surface area contributed by atoms with Crippen molar-refractivity contribution in [2.24, 2.45) is 0 Å². The van der Waals surface area contributed by atoms with E-state index in [1.165, 1.54) is 0 Å². The van der Waals surface area contributed by atoms with Gasteiger partial charge in [-0.25, -0.2) is 0 Å². The summed E-state index contributed by atoms with van der Waals surface area (Å²) in [5, 5.41) is 14.6. The smallest absolute Gasteiger partial charge is 0.239 e. The monoisotopic (exact) mass is 323 g/mol. The van der Waals surface area contributed by atoms with Crippen LogP contribution in [0.25, 0.3) is 0 Å². The minimum absolute atomic E-state index is 0.0645. The van der Waals surface area contributed by atoms with Gasteiger partial charge < -0.3 is 10.6 Å². The zero-order valence-corrected chi connectivity index (χ0v) is 12.8. The molecule has 1 aromatic carbocycles. The fourth-order valence-corrected chi connectivity index (χ4v) is 2.16. The molecule has 19 heavy (non-hydrogen) atoms. The number of carbonyl (C=O) groups excluding carboxylic acids is 1. The second kappa shape index (κ2) is 7.80. The van der Waals surface area contributed by atoms with Gasteiger partial charge in [0, 0.05) is 16.2 Å². The van der Waals surface area contributed by atoms with Gasteiger partial charge in [-0.3, -0.25) is 4.79 Å². The third-order valence-corrected chi connectivity index (χ3v) is 3.32. The van der Waals surface area contributed by atoms with Gasteiger partial charge in [0.25, 0.3) is 0 Å². The van der Waals surface area contributed by atoms with E-state index in [9.17, 15) is 4.79 Å². The zero-order chi connectivity index (χ0) is 14.3. The highest BCUT2D eigenvalue weighted by Gasteiger charge is 2.09. The van der Waals surface area contributed by atoms with Crippen LogP contribution in [-0.2, 0) is 4.79 Å². The third kappa shape index (κ3) is 5.31. The maximum atomic E-state index is 11.7. The number of anilines is 1. The van der Waals surface area contributed by atoms with Crippen LogP contribution in [0, 0.1) is 18.3 Å². The van der Waals surface area contributed by atoms with Gasteiger partial charge in [0.05, 0.1) is 19.0 Å². The zero-order valence-electron chi connectivity index (χ0n) is 11.2. The molecule has 1 amide bonds. The molecule has 0 aromatic heterocycles. The maximum absolute atomic E-state index is 11.7. The molecule has 2 N–H and O–H groups in total. The molecule has 0 fully saturated rings. The molecular formula is C14H18BrN3O. The van der Waals surface area contributed by atoms with Crippen molar-refractivity contribution in [1.29, 1.82) is 5.26 Å². The van der Waals surface area contributed by atoms with E-state index in [4.69, 9.17) is 5.26 Å². The summed E-state index contributed by atoms with van der Waals surface area (Å²) in [5.41, 5.74) is 2.01. The van der Waals surface area contributed by atoms with Crippen molar-refractivity contribution in [2.75, 3.05) is 11.9 Å². The van der Waals surface area contributed by atoms with Crippen LogP contribution in [-0.4, -0.2) is 18.5 Å². The van der Waals surface area contributed by atoms with Crippen LogP contribution in [0.3, 0.4) is 0 Å². The van der Waals surface area contributed by atoms with Crippen LogP contribution in [0.2, 0.25) is 0 Å². The summed E-state index contributed by atoms with van der Waals surface area (Å²) in [6.07, 6.45) is 1.11. The molecule has 0 aliphatic heterocycles. The number of nitrogens with one attached hydrogen (secondary N) is 2. The Labute approximate surface area is 122 Å².